The zero-order valence-corrected chi connectivity index (χ0v) is 12.4. The molecule has 1 N–H and O–H groups in total. The standard InChI is InChI=1S/C17H18N2O3/c1-12(22-17(21)14-5-3-2-4-6-14)16(20)19-15-9-7-13(11-18)8-10-15/h2-3,7-10,12,14H,4-6H2,1H3,(H,19,20)/t12-,14+/m0/s1. The maximum atomic E-state index is 12.0. The number of esters is 1. The number of carbonyl (C=O) groups excluding carboxylic acids is 2. The molecule has 1 aliphatic rings. The lowest BCUT2D eigenvalue weighted by molar-refractivity contribution is -0.157. The summed E-state index contributed by atoms with van der Waals surface area (Å²) in [4.78, 5) is 24.0. The Kier molecular flexibility index (Phi) is 5.31. The van der Waals surface area contributed by atoms with Gasteiger partial charge in [-0.2, -0.15) is 5.26 Å². The van der Waals surface area contributed by atoms with Crippen molar-refractivity contribution in [3.8, 4) is 6.07 Å². The van der Waals surface area contributed by atoms with Crippen LogP contribution < -0.4 is 5.32 Å². The highest BCUT2D eigenvalue weighted by Gasteiger charge is 2.24. The maximum Gasteiger partial charge on any atom is 0.310 e. The first-order valence-electron chi connectivity index (χ1n) is 7.26. The summed E-state index contributed by atoms with van der Waals surface area (Å²) in [7, 11) is 0. The van der Waals surface area contributed by atoms with Crippen molar-refractivity contribution in [1.82, 2.24) is 0 Å². The fourth-order valence-electron chi connectivity index (χ4n) is 2.20. The third-order valence-electron chi connectivity index (χ3n) is 3.55. The van der Waals surface area contributed by atoms with Gasteiger partial charge in [0.05, 0.1) is 17.6 Å². The number of nitrogens with one attached hydrogen (secondary N) is 1. The lowest BCUT2D eigenvalue weighted by Crippen LogP contribution is -2.32. The summed E-state index contributed by atoms with van der Waals surface area (Å²) in [6.45, 7) is 1.55. The Morgan fingerprint density at radius 1 is 1.32 bits per heavy atom. The topological polar surface area (TPSA) is 79.2 Å². The molecule has 1 amide bonds. The fraction of sp³-hybridized carbons (Fsp3) is 0.353. The van der Waals surface area contributed by atoms with Crippen LogP contribution in [-0.2, 0) is 14.3 Å². The number of carbonyl (C=O) groups is 2. The van der Waals surface area contributed by atoms with E-state index in [1.165, 1.54) is 0 Å². The minimum Gasteiger partial charge on any atom is -0.452 e. The predicted octanol–water partition coefficient (Wildman–Crippen LogP) is 2.78. The Balaban J connectivity index is 1.87. The van der Waals surface area contributed by atoms with E-state index in [2.05, 4.69) is 5.32 Å². The normalized spacial score (nSPS) is 18.1. The third kappa shape index (κ3) is 4.19. The molecule has 1 aliphatic carbocycles. The van der Waals surface area contributed by atoms with Crippen LogP contribution in [0.4, 0.5) is 5.69 Å². The average molecular weight is 298 g/mol. The van der Waals surface area contributed by atoms with E-state index in [4.69, 9.17) is 10.00 Å². The van der Waals surface area contributed by atoms with Gasteiger partial charge in [-0.3, -0.25) is 9.59 Å². The van der Waals surface area contributed by atoms with E-state index in [0.717, 1.165) is 12.8 Å². The molecule has 0 fully saturated rings. The van der Waals surface area contributed by atoms with Crippen molar-refractivity contribution in [2.24, 2.45) is 5.92 Å². The van der Waals surface area contributed by atoms with E-state index in [1.807, 2.05) is 18.2 Å². The third-order valence-corrected chi connectivity index (χ3v) is 3.55. The molecule has 0 radical (unpaired) electrons. The summed E-state index contributed by atoms with van der Waals surface area (Å²) in [6, 6.07) is 8.50. The number of ether oxygens (including phenoxy) is 1. The van der Waals surface area contributed by atoms with Gasteiger partial charge in [-0.05, 0) is 50.5 Å². The number of benzene rings is 1. The smallest absolute Gasteiger partial charge is 0.310 e. The van der Waals surface area contributed by atoms with Crippen molar-refractivity contribution < 1.29 is 14.3 Å². The molecule has 5 heteroatoms. The Morgan fingerprint density at radius 2 is 2.05 bits per heavy atom. The summed E-state index contributed by atoms with van der Waals surface area (Å²) in [5, 5.41) is 11.4. The molecule has 2 atom stereocenters. The Bertz CT molecular complexity index is 614. The summed E-state index contributed by atoms with van der Waals surface area (Å²) >= 11 is 0. The van der Waals surface area contributed by atoms with Crippen LogP contribution in [0.5, 0.6) is 0 Å². The molecule has 0 aliphatic heterocycles. The first-order chi connectivity index (χ1) is 10.6. The van der Waals surface area contributed by atoms with E-state index in [0.29, 0.717) is 17.7 Å². The van der Waals surface area contributed by atoms with Gasteiger partial charge in [-0.1, -0.05) is 12.2 Å². The molecular formula is C17H18N2O3. The van der Waals surface area contributed by atoms with Crippen molar-refractivity contribution in [3.63, 3.8) is 0 Å². The molecule has 0 spiro atoms. The highest BCUT2D eigenvalue weighted by atomic mass is 16.5. The van der Waals surface area contributed by atoms with E-state index in [-0.39, 0.29) is 17.8 Å². The van der Waals surface area contributed by atoms with Crippen LogP contribution in [0.2, 0.25) is 0 Å². The van der Waals surface area contributed by atoms with Crippen LogP contribution in [0.3, 0.4) is 0 Å². The number of hydrogen-bond acceptors (Lipinski definition) is 4. The molecule has 0 saturated heterocycles. The van der Waals surface area contributed by atoms with Gasteiger partial charge in [-0.25, -0.2) is 0 Å². The summed E-state index contributed by atoms with van der Waals surface area (Å²) < 4.78 is 5.23. The summed E-state index contributed by atoms with van der Waals surface area (Å²) in [6.07, 6.45) is 5.46. The molecule has 22 heavy (non-hydrogen) atoms. The monoisotopic (exact) mass is 298 g/mol. The SMILES string of the molecule is C[C@H](OC(=O)[C@@H]1CC=CCC1)C(=O)Nc1ccc(C#N)cc1. The van der Waals surface area contributed by atoms with Crippen molar-refractivity contribution >= 4 is 17.6 Å². The van der Waals surface area contributed by atoms with Crippen molar-refractivity contribution in [1.29, 1.82) is 5.26 Å². The minimum atomic E-state index is -0.853. The largest absolute Gasteiger partial charge is 0.452 e. The quantitative estimate of drug-likeness (QED) is 0.684. The predicted molar refractivity (Wildman–Crippen MR) is 81.8 cm³/mol. The molecule has 1 aromatic rings. The molecule has 5 nitrogen and oxygen atoms in total. The van der Waals surface area contributed by atoms with Crippen LogP contribution in [0.15, 0.2) is 36.4 Å². The van der Waals surface area contributed by atoms with Gasteiger partial charge in [0, 0.05) is 5.69 Å². The van der Waals surface area contributed by atoms with Crippen LogP contribution in [0, 0.1) is 17.2 Å². The Hall–Kier alpha value is -2.61. The fourth-order valence-corrected chi connectivity index (χ4v) is 2.20. The molecular weight excluding hydrogens is 280 g/mol. The number of allylic oxidation sites excluding steroid dienone is 2. The summed E-state index contributed by atoms with van der Waals surface area (Å²) in [5.41, 5.74) is 1.08. The number of rotatable bonds is 4. The van der Waals surface area contributed by atoms with Crippen molar-refractivity contribution in [3.05, 3.63) is 42.0 Å². The molecule has 0 saturated carbocycles. The Labute approximate surface area is 129 Å². The highest BCUT2D eigenvalue weighted by Crippen LogP contribution is 2.20. The van der Waals surface area contributed by atoms with Gasteiger partial charge >= 0.3 is 5.97 Å². The van der Waals surface area contributed by atoms with E-state index in [9.17, 15) is 9.59 Å². The highest BCUT2D eigenvalue weighted by molar-refractivity contribution is 5.95. The molecule has 1 aromatic carbocycles. The van der Waals surface area contributed by atoms with Gasteiger partial charge in [0.2, 0.25) is 0 Å². The zero-order valence-electron chi connectivity index (χ0n) is 12.4. The molecule has 0 bridgehead atoms. The number of nitriles is 1. The second-order valence-corrected chi connectivity index (χ2v) is 5.24. The van der Waals surface area contributed by atoms with E-state index in [1.54, 1.807) is 31.2 Å². The van der Waals surface area contributed by atoms with Crippen LogP contribution in [0.1, 0.15) is 31.7 Å². The van der Waals surface area contributed by atoms with Gasteiger partial charge in [0.15, 0.2) is 6.10 Å². The number of hydrogen-bond donors (Lipinski definition) is 1. The number of nitrogens with zero attached hydrogens (tertiary/aromatic N) is 1. The molecule has 0 unspecified atom stereocenters. The number of amides is 1. The van der Waals surface area contributed by atoms with Crippen molar-refractivity contribution in [2.45, 2.75) is 32.3 Å². The van der Waals surface area contributed by atoms with Gasteiger partial charge in [-0.15, -0.1) is 0 Å². The summed E-state index contributed by atoms with van der Waals surface area (Å²) in [5.74, 6) is -0.869. The first kappa shape index (κ1) is 15.8. The average Bonchev–Trinajstić information content (AvgIpc) is 2.56. The van der Waals surface area contributed by atoms with E-state index >= 15 is 0 Å². The molecule has 114 valence electrons. The Morgan fingerprint density at radius 3 is 2.64 bits per heavy atom. The van der Waals surface area contributed by atoms with E-state index < -0.39 is 6.10 Å². The second kappa shape index (κ2) is 7.41. The van der Waals surface area contributed by atoms with Crippen LogP contribution >= 0.6 is 0 Å². The van der Waals surface area contributed by atoms with Crippen molar-refractivity contribution in [2.75, 3.05) is 5.32 Å². The lowest BCUT2D eigenvalue weighted by atomic mass is 9.95. The molecule has 0 heterocycles. The molecule has 0 aromatic heterocycles. The maximum absolute atomic E-state index is 12.0. The van der Waals surface area contributed by atoms with Crippen LogP contribution in [0.25, 0.3) is 0 Å². The first-order valence-corrected chi connectivity index (χ1v) is 7.26. The second-order valence-electron chi connectivity index (χ2n) is 5.24. The van der Waals surface area contributed by atoms with Gasteiger partial charge in [0.1, 0.15) is 0 Å². The van der Waals surface area contributed by atoms with Crippen LogP contribution in [-0.4, -0.2) is 18.0 Å². The van der Waals surface area contributed by atoms with Gasteiger partial charge in [0.25, 0.3) is 5.91 Å². The van der Waals surface area contributed by atoms with Gasteiger partial charge < -0.3 is 10.1 Å². The molecule has 2 rings (SSSR count). The lowest BCUT2D eigenvalue weighted by Gasteiger charge is -2.19. The zero-order chi connectivity index (χ0) is 15.9. The number of anilines is 1. The minimum absolute atomic E-state index is 0.157.